The van der Waals surface area contributed by atoms with Crippen LogP contribution in [0.3, 0.4) is 0 Å². The van der Waals surface area contributed by atoms with E-state index in [1.54, 1.807) is 0 Å². The van der Waals surface area contributed by atoms with Crippen molar-refractivity contribution in [3.8, 4) is 0 Å². The summed E-state index contributed by atoms with van der Waals surface area (Å²) in [5.41, 5.74) is 3.74. The zero-order chi connectivity index (χ0) is 16.4. The van der Waals surface area contributed by atoms with Crippen LogP contribution in [0.5, 0.6) is 0 Å². The Labute approximate surface area is 154 Å². The maximum atomic E-state index is 6.14. The summed E-state index contributed by atoms with van der Waals surface area (Å²) in [4.78, 5) is 0. The van der Waals surface area contributed by atoms with Gasteiger partial charge in [0, 0.05) is 10.0 Å². The lowest BCUT2D eigenvalue weighted by Gasteiger charge is -2.62. The predicted octanol–water partition coefficient (Wildman–Crippen LogP) is 6.78. The van der Waals surface area contributed by atoms with Gasteiger partial charge in [0.2, 0.25) is 0 Å². The molecule has 0 nitrogen and oxygen atoms in total. The van der Waals surface area contributed by atoms with Crippen LogP contribution >= 0.6 is 23.2 Å². The Morgan fingerprint density at radius 1 is 0.625 bits per heavy atom. The summed E-state index contributed by atoms with van der Waals surface area (Å²) >= 11 is 12.3. The number of hydrogen-bond acceptors (Lipinski definition) is 0. The second-order valence-electron chi connectivity index (χ2n) is 8.54. The lowest BCUT2D eigenvalue weighted by atomic mass is 9.42. The van der Waals surface area contributed by atoms with E-state index in [4.69, 9.17) is 23.2 Å². The fraction of sp³-hybridized carbons (Fsp3) is 0.455. The van der Waals surface area contributed by atoms with Crippen molar-refractivity contribution in [3.63, 3.8) is 0 Å². The maximum Gasteiger partial charge on any atom is 0.0406 e. The topological polar surface area (TPSA) is 0 Å². The number of halogens is 2. The van der Waals surface area contributed by atoms with E-state index in [1.807, 2.05) is 0 Å². The second-order valence-corrected chi connectivity index (χ2v) is 9.41. The minimum Gasteiger partial charge on any atom is -0.0843 e. The first-order valence-electron chi connectivity index (χ1n) is 9.09. The molecule has 0 aromatic heterocycles. The van der Waals surface area contributed by atoms with Crippen LogP contribution in [0.2, 0.25) is 10.0 Å². The van der Waals surface area contributed by atoms with Crippen molar-refractivity contribution in [2.45, 2.75) is 49.4 Å². The summed E-state index contributed by atoms with van der Waals surface area (Å²) in [7, 11) is 0. The Morgan fingerprint density at radius 3 is 1.38 bits per heavy atom. The summed E-state index contributed by atoms with van der Waals surface area (Å²) in [6.07, 6.45) is 8.17. The minimum atomic E-state index is 0.355. The average molecular weight is 357 g/mol. The highest BCUT2D eigenvalue weighted by Gasteiger charge is 2.58. The van der Waals surface area contributed by atoms with Gasteiger partial charge in [-0.3, -0.25) is 0 Å². The van der Waals surface area contributed by atoms with Gasteiger partial charge in [-0.25, -0.2) is 0 Å². The van der Waals surface area contributed by atoms with Crippen LogP contribution in [0.4, 0.5) is 0 Å². The van der Waals surface area contributed by atoms with E-state index >= 15 is 0 Å². The molecule has 2 aromatic carbocycles. The molecule has 0 spiro atoms. The third kappa shape index (κ3) is 2.26. The van der Waals surface area contributed by atoms with Gasteiger partial charge in [-0.1, -0.05) is 47.5 Å². The highest BCUT2D eigenvalue weighted by molar-refractivity contribution is 6.30. The zero-order valence-corrected chi connectivity index (χ0v) is 15.3. The second kappa shape index (κ2) is 5.26. The first kappa shape index (κ1) is 15.3. The first-order valence-corrected chi connectivity index (χ1v) is 9.85. The minimum absolute atomic E-state index is 0.355. The summed E-state index contributed by atoms with van der Waals surface area (Å²) in [6, 6.07) is 17.4. The molecule has 2 heteroatoms. The van der Waals surface area contributed by atoms with Gasteiger partial charge in [-0.15, -0.1) is 0 Å². The SMILES string of the molecule is Clc1ccc(C23CC4CC(C2)CC(c2ccc(Cl)cc2)(C4)C3)cc1. The van der Waals surface area contributed by atoms with E-state index in [9.17, 15) is 0 Å². The maximum absolute atomic E-state index is 6.14. The molecular weight excluding hydrogens is 335 g/mol. The molecule has 4 aliphatic rings. The van der Waals surface area contributed by atoms with Gasteiger partial charge in [0.15, 0.2) is 0 Å². The van der Waals surface area contributed by atoms with E-state index in [-0.39, 0.29) is 0 Å². The highest BCUT2D eigenvalue weighted by Crippen LogP contribution is 2.66. The Kier molecular flexibility index (Phi) is 3.35. The van der Waals surface area contributed by atoms with Crippen molar-refractivity contribution in [2.24, 2.45) is 11.8 Å². The van der Waals surface area contributed by atoms with Crippen LogP contribution in [0, 0.1) is 11.8 Å². The summed E-state index contributed by atoms with van der Waals surface area (Å²) in [5, 5.41) is 1.69. The fourth-order valence-corrected chi connectivity index (χ4v) is 6.80. The Balaban J connectivity index is 1.59. The molecule has 0 atom stereocenters. The van der Waals surface area contributed by atoms with Crippen molar-refractivity contribution in [1.82, 2.24) is 0 Å². The smallest absolute Gasteiger partial charge is 0.0406 e. The highest BCUT2D eigenvalue weighted by atomic mass is 35.5. The standard InChI is InChI=1S/C22H22Cl2/c23-19-5-1-17(2-6-19)21-10-15-9-16(11-21)13-22(12-15,14-21)18-3-7-20(24)8-4-18/h1-8,15-16H,9-14H2. The number of hydrogen-bond donors (Lipinski definition) is 0. The van der Waals surface area contributed by atoms with E-state index in [0.717, 1.165) is 21.9 Å². The monoisotopic (exact) mass is 356 g/mol. The molecule has 0 aliphatic heterocycles. The van der Waals surface area contributed by atoms with Gasteiger partial charge < -0.3 is 0 Å². The molecule has 6 rings (SSSR count). The van der Waals surface area contributed by atoms with Crippen molar-refractivity contribution in [2.75, 3.05) is 0 Å². The Morgan fingerprint density at radius 2 is 1.00 bits per heavy atom. The molecule has 4 saturated carbocycles. The van der Waals surface area contributed by atoms with Crippen molar-refractivity contribution >= 4 is 23.2 Å². The third-order valence-corrected chi connectivity index (χ3v) is 7.48. The van der Waals surface area contributed by atoms with Gasteiger partial charge in [-0.05, 0) is 96.6 Å². The van der Waals surface area contributed by atoms with Crippen LogP contribution in [0.15, 0.2) is 48.5 Å². The molecule has 0 amide bonds. The van der Waals surface area contributed by atoms with E-state index < -0.39 is 0 Å². The molecule has 4 bridgehead atoms. The van der Waals surface area contributed by atoms with Gasteiger partial charge in [0.25, 0.3) is 0 Å². The Hall–Kier alpha value is -0.980. The number of rotatable bonds is 2. The molecule has 0 heterocycles. The molecular formula is C22H22Cl2. The lowest BCUT2D eigenvalue weighted by Crippen LogP contribution is -2.55. The third-order valence-electron chi connectivity index (χ3n) is 6.97. The van der Waals surface area contributed by atoms with Gasteiger partial charge in [0.1, 0.15) is 0 Å². The molecule has 0 radical (unpaired) electrons. The molecule has 4 aliphatic carbocycles. The van der Waals surface area contributed by atoms with E-state index in [0.29, 0.717) is 10.8 Å². The molecule has 24 heavy (non-hydrogen) atoms. The normalized spacial score (nSPS) is 36.9. The van der Waals surface area contributed by atoms with Gasteiger partial charge in [0.05, 0.1) is 0 Å². The summed E-state index contributed by atoms with van der Waals surface area (Å²) in [5.74, 6) is 1.75. The van der Waals surface area contributed by atoms with Crippen LogP contribution in [-0.4, -0.2) is 0 Å². The predicted molar refractivity (Wildman–Crippen MR) is 101 cm³/mol. The van der Waals surface area contributed by atoms with Gasteiger partial charge in [-0.2, -0.15) is 0 Å². The molecule has 0 N–H and O–H groups in total. The molecule has 4 fully saturated rings. The van der Waals surface area contributed by atoms with Gasteiger partial charge >= 0.3 is 0 Å². The molecule has 0 saturated heterocycles. The van der Waals surface area contributed by atoms with Crippen LogP contribution in [-0.2, 0) is 10.8 Å². The van der Waals surface area contributed by atoms with Crippen LogP contribution < -0.4 is 0 Å². The quantitative estimate of drug-likeness (QED) is 0.555. The zero-order valence-electron chi connectivity index (χ0n) is 13.8. The lowest BCUT2D eigenvalue weighted by molar-refractivity contribution is -0.0281. The van der Waals surface area contributed by atoms with Crippen LogP contribution in [0.1, 0.15) is 49.7 Å². The summed E-state index contributed by atoms with van der Waals surface area (Å²) < 4.78 is 0. The van der Waals surface area contributed by atoms with E-state index in [1.165, 1.54) is 49.7 Å². The van der Waals surface area contributed by atoms with Crippen molar-refractivity contribution in [1.29, 1.82) is 0 Å². The molecule has 0 unspecified atom stereocenters. The van der Waals surface area contributed by atoms with E-state index in [2.05, 4.69) is 48.5 Å². The fourth-order valence-electron chi connectivity index (χ4n) is 6.54. The van der Waals surface area contributed by atoms with Crippen LogP contribution in [0.25, 0.3) is 0 Å². The Bertz CT molecular complexity index is 682. The van der Waals surface area contributed by atoms with Crippen molar-refractivity contribution in [3.05, 3.63) is 69.7 Å². The molecule has 2 aromatic rings. The average Bonchev–Trinajstić information content (AvgIpc) is 2.54. The van der Waals surface area contributed by atoms with Crippen molar-refractivity contribution < 1.29 is 0 Å². The summed E-state index contributed by atoms with van der Waals surface area (Å²) in [6.45, 7) is 0. The largest absolute Gasteiger partial charge is 0.0843 e. The number of benzene rings is 2. The first-order chi connectivity index (χ1) is 11.6. The molecule has 124 valence electrons.